The monoisotopic (exact) mass is 379 g/mol. The van der Waals surface area contributed by atoms with Gasteiger partial charge in [0.05, 0.1) is 26.2 Å². The minimum Gasteiger partial charge on any atom is -0.370 e. The van der Waals surface area contributed by atoms with Gasteiger partial charge in [-0.2, -0.15) is 0 Å². The van der Waals surface area contributed by atoms with Crippen molar-refractivity contribution in [2.75, 3.05) is 23.3 Å². The zero-order chi connectivity index (χ0) is 18.0. The molecular formula is C17H15Cl2N3O3. The lowest BCUT2D eigenvalue weighted by Gasteiger charge is -2.19. The minimum absolute atomic E-state index is 0.0376. The summed E-state index contributed by atoms with van der Waals surface area (Å²) in [4.78, 5) is 24.9. The quantitative estimate of drug-likeness (QED) is 0.613. The van der Waals surface area contributed by atoms with E-state index >= 15 is 0 Å². The van der Waals surface area contributed by atoms with E-state index in [0.717, 1.165) is 37.7 Å². The third kappa shape index (κ3) is 3.86. The molecule has 1 aliphatic heterocycles. The highest BCUT2D eigenvalue weighted by atomic mass is 35.5. The lowest BCUT2D eigenvalue weighted by molar-refractivity contribution is -0.384. The number of carbonyl (C=O) groups excluding carboxylic acids is 1. The van der Waals surface area contributed by atoms with E-state index in [1.807, 2.05) is 6.07 Å². The van der Waals surface area contributed by atoms with Gasteiger partial charge in [0.1, 0.15) is 0 Å². The predicted octanol–water partition coefficient (Wildman–Crippen LogP) is 4.75. The number of benzene rings is 2. The molecule has 3 rings (SSSR count). The molecule has 0 spiro atoms. The molecule has 130 valence electrons. The fourth-order valence-electron chi connectivity index (χ4n) is 2.80. The van der Waals surface area contributed by atoms with Crippen LogP contribution in [0.5, 0.6) is 0 Å². The molecule has 6 nitrogen and oxygen atoms in total. The molecule has 1 heterocycles. The molecule has 0 unspecified atom stereocenters. The number of non-ortho nitro benzene ring substituents is 1. The third-order valence-electron chi connectivity index (χ3n) is 4.06. The number of nitro benzene ring substituents is 1. The van der Waals surface area contributed by atoms with Crippen LogP contribution < -0.4 is 10.2 Å². The summed E-state index contributed by atoms with van der Waals surface area (Å²) in [6.45, 7) is 1.93. The van der Waals surface area contributed by atoms with Crippen molar-refractivity contribution in [2.24, 2.45) is 0 Å². The Bertz CT molecular complexity index is 836. The molecule has 0 saturated carbocycles. The molecule has 0 aliphatic carbocycles. The van der Waals surface area contributed by atoms with Crippen LogP contribution in [0.1, 0.15) is 23.2 Å². The Morgan fingerprint density at radius 3 is 2.44 bits per heavy atom. The second kappa shape index (κ2) is 7.29. The smallest absolute Gasteiger partial charge is 0.270 e. The highest BCUT2D eigenvalue weighted by molar-refractivity contribution is 6.35. The van der Waals surface area contributed by atoms with Crippen molar-refractivity contribution in [1.29, 1.82) is 0 Å². The fourth-order valence-corrected chi connectivity index (χ4v) is 3.30. The van der Waals surface area contributed by atoms with Crippen LogP contribution in [0.4, 0.5) is 17.1 Å². The first kappa shape index (κ1) is 17.5. The Hall–Kier alpha value is -2.31. The average Bonchev–Trinajstić information content (AvgIpc) is 3.09. The van der Waals surface area contributed by atoms with Crippen LogP contribution in [-0.2, 0) is 0 Å². The summed E-state index contributed by atoms with van der Waals surface area (Å²) in [6, 6.07) is 9.01. The minimum atomic E-state index is -0.575. The molecule has 0 bridgehead atoms. The molecule has 0 aromatic heterocycles. The topological polar surface area (TPSA) is 75.5 Å². The SMILES string of the molecule is O=C(Nc1ccc(N2CCCC2)c(Cl)c1)c1cc([N+](=O)[O-])ccc1Cl. The number of rotatable bonds is 4. The van der Waals surface area contributed by atoms with E-state index in [2.05, 4.69) is 10.2 Å². The number of nitro groups is 1. The summed E-state index contributed by atoms with van der Waals surface area (Å²) in [5, 5.41) is 14.2. The van der Waals surface area contributed by atoms with Crippen LogP contribution in [0.25, 0.3) is 0 Å². The number of anilines is 2. The van der Waals surface area contributed by atoms with E-state index in [0.29, 0.717) is 10.7 Å². The standard InChI is InChI=1S/C17H15Cl2N3O3/c18-14-5-4-12(22(24)25)10-13(14)17(23)20-11-3-6-16(15(19)9-11)21-7-1-2-8-21/h3-6,9-10H,1-2,7-8H2,(H,20,23). The van der Waals surface area contributed by atoms with Gasteiger partial charge in [-0.25, -0.2) is 0 Å². The van der Waals surface area contributed by atoms with Crippen molar-refractivity contribution in [1.82, 2.24) is 0 Å². The van der Waals surface area contributed by atoms with Gasteiger partial charge in [0.2, 0.25) is 0 Å². The molecule has 1 N–H and O–H groups in total. The van der Waals surface area contributed by atoms with Crippen molar-refractivity contribution < 1.29 is 9.72 Å². The Balaban J connectivity index is 1.80. The van der Waals surface area contributed by atoms with E-state index in [-0.39, 0.29) is 16.3 Å². The summed E-state index contributed by atoms with van der Waals surface area (Å²) in [6.07, 6.45) is 2.28. The van der Waals surface area contributed by atoms with Gasteiger partial charge in [0.15, 0.2) is 0 Å². The summed E-state index contributed by atoms with van der Waals surface area (Å²) in [5.74, 6) is -0.529. The number of nitrogens with one attached hydrogen (secondary N) is 1. The number of carbonyl (C=O) groups is 1. The first-order valence-corrected chi connectivity index (χ1v) is 8.51. The van der Waals surface area contributed by atoms with Crippen LogP contribution in [0, 0.1) is 10.1 Å². The number of halogens is 2. The van der Waals surface area contributed by atoms with Crippen molar-refractivity contribution in [3.05, 3.63) is 62.1 Å². The lowest BCUT2D eigenvalue weighted by atomic mass is 10.1. The molecule has 8 heteroatoms. The number of hydrogen-bond donors (Lipinski definition) is 1. The molecule has 0 atom stereocenters. The lowest BCUT2D eigenvalue weighted by Crippen LogP contribution is -2.18. The number of nitrogens with zero attached hydrogens (tertiary/aromatic N) is 2. The average molecular weight is 380 g/mol. The Kier molecular flexibility index (Phi) is 5.11. The molecule has 1 aliphatic rings. The van der Waals surface area contributed by atoms with Gasteiger partial charge in [0.25, 0.3) is 11.6 Å². The van der Waals surface area contributed by atoms with E-state index in [4.69, 9.17) is 23.2 Å². The van der Waals surface area contributed by atoms with Crippen LogP contribution in [0.3, 0.4) is 0 Å². The summed E-state index contributed by atoms with van der Waals surface area (Å²) >= 11 is 12.3. The van der Waals surface area contributed by atoms with E-state index < -0.39 is 10.8 Å². The van der Waals surface area contributed by atoms with Crippen molar-refractivity contribution >= 4 is 46.2 Å². The second-order valence-corrected chi connectivity index (χ2v) is 6.55. The number of hydrogen-bond acceptors (Lipinski definition) is 4. The van der Waals surface area contributed by atoms with Crippen LogP contribution in [-0.4, -0.2) is 23.9 Å². The Morgan fingerprint density at radius 1 is 1.08 bits per heavy atom. The van der Waals surface area contributed by atoms with Crippen molar-refractivity contribution in [3.63, 3.8) is 0 Å². The third-order valence-corrected chi connectivity index (χ3v) is 4.69. The first-order chi connectivity index (χ1) is 12.0. The first-order valence-electron chi connectivity index (χ1n) is 7.75. The van der Waals surface area contributed by atoms with Gasteiger partial charge in [-0.1, -0.05) is 23.2 Å². The van der Waals surface area contributed by atoms with Gasteiger partial charge >= 0.3 is 0 Å². The van der Waals surface area contributed by atoms with E-state index in [9.17, 15) is 14.9 Å². The molecule has 1 saturated heterocycles. The Morgan fingerprint density at radius 2 is 1.80 bits per heavy atom. The maximum atomic E-state index is 12.4. The Labute approximate surface area is 154 Å². The van der Waals surface area contributed by atoms with Crippen LogP contribution in [0.2, 0.25) is 10.0 Å². The maximum absolute atomic E-state index is 12.4. The molecule has 25 heavy (non-hydrogen) atoms. The highest BCUT2D eigenvalue weighted by Gasteiger charge is 2.18. The predicted molar refractivity (Wildman–Crippen MR) is 99.0 cm³/mol. The fraction of sp³-hybridized carbons (Fsp3) is 0.235. The van der Waals surface area contributed by atoms with Crippen LogP contribution >= 0.6 is 23.2 Å². The maximum Gasteiger partial charge on any atom is 0.270 e. The summed E-state index contributed by atoms with van der Waals surface area (Å²) < 4.78 is 0. The van der Waals surface area contributed by atoms with Crippen molar-refractivity contribution in [2.45, 2.75) is 12.8 Å². The molecule has 1 fully saturated rings. The molecule has 0 radical (unpaired) electrons. The summed E-state index contributed by atoms with van der Waals surface area (Å²) in [7, 11) is 0. The van der Waals surface area contributed by atoms with E-state index in [1.54, 1.807) is 12.1 Å². The molecular weight excluding hydrogens is 365 g/mol. The molecule has 1 amide bonds. The largest absolute Gasteiger partial charge is 0.370 e. The van der Waals surface area contributed by atoms with Gasteiger partial charge < -0.3 is 10.2 Å². The van der Waals surface area contributed by atoms with Gasteiger partial charge in [-0.15, -0.1) is 0 Å². The van der Waals surface area contributed by atoms with Gasteiger partial charge in [-0.05, 0) is 37.1 Å². The zero-order valence-electron chi connectivity index (χ0n) is 13.2. The van der Waals surface area contributed by atoms with Gasteiger partial charge in [-0.3, -0.25) is 14.9 Å². The number of amides is 1. The molecule has 2 aromatic rings. The van der Waals surface area contributed by atoms with Crippen LogP contribution in [0.15, 0.2) is 36.4 Å². The summed E-state index contributed by atoms with van der Waals surface area (Å²) in [5.41, 5.74) is 1.28. The highest BCUT2D eigenvalue weighted by Crippen LogP contribution is 2.31. The second-order valence-electron chi connectivity index (χ2n) is 5.74. The van der Waals surface area contributed by atoms with Crippen molar-refractivity contribution in [3.8, 4) is 0 Å². The normalized spacial score (nSPS) is 13.8. The molecule has 2 aromatic carbocycles. The van der Waals surface area contributed by atoms with Gasteiger partial charge in [0, 0.05) is 30.9 Å². The zero-order valence-corrected chi connectivity index (χ0v) is 14.7. The van der Waals surface area contributed by atoms with E-state index in [1.165, 1.54) is 12.1 Å².